The van der Waals surface area contributed by atoms with E-state index in [0.29, 0.717) is 19.3 Å². The summed E-state index contributed by atoms with van der Waals surface area (Å²) < 4.78 is 5.25. The maximum atomic E-state index is 13.4. The van der Waals surface area contributed by atoms with Crippen molar-refractivity contribution >= 4 is 17.8 Å². The number of hydrogen-bond donors (Lipinski definition) is 2. The number of aliphatic carboxylic acids is 1. The van der Waals surface area contributed by atoms with Gasteiger partial charge in [-0.1, -0.05) is 43.2 Å². The number of likely N-dealkylation sites (tertiary alicyclic amines) is 1. The summed E-state index contributed by atoms with van der Waals surface area (Å²) in [7, 11) is 0. The number of aryl methyl sites for hydroxylation is 1. The molecule has 3 N–H and O–H groups in total. The van der Waals surface area contributed by atoms with Crippen LogP contribution in [0.2, 0.25) is 0 Å². The second kappa shape index (κ2) is 10.8. The minimum Gasteiger partial charge on any atom is -0.480 e. The van der Waals surface area contributed by atoms with Crippen molar-refractivity contribution in [1.82, 2.24) is 4.90 Å². The number of carboxylic acids is 1. The smallest absolute Gasteiger partial charge is 0.364 e. The zero-order valence-corrected chi connectivity index (χ0v) is 18.5. The number of carboxylic acid groups (broad SMARTS) is 1. The average molecular weight is 432 g/mol. The first-order valence-corrected chi connectivity index (χ1v) is 11.5. The van der Waals surface area contributed by atoms with Gasteiger partial charge in [0.2, 0.25) is 0 Å². The van der Waals surface area contributed by atoms with E-state index in [1.54, 1.807) is 24.1 Å². The molecular weight excluding hydrogens is 396 g/mol. The fourth-order valence-electron chi connectivity index (χ4n) is 5.17. The molecule has 1 amide bonds. The number of benzene rings is 1. The normalized spacial score (nSPS) is 24.8. The van der Waals surface area contributed by atoms with Crippen molar-refractivity contribution < 1.29 is 29.5 Å². The highest BCUT2D eigenvalue weighted by atomic mass is 16.5. The van der Waals surface area contributed by atoms with Crippen molar-refractivity contribution in [3.05, 3.63) is 35.9 Å². The van der Waals surface area contributed by atoms with E-state index in [1.165, 1.54) is 0 Å². The minimum absolute atomic E-state index is 0.00330. The van der Waals surface area contributed by atoms with Crippen molar-refractivity contribution in [3.63, 3.8) is 0 Å². The van der Waals surface area contributed by atoms with Gasteiger partial charge in [-0.05, 0) is 51.0 Å². The fraction of sp³-hybridized carbons (Fsp3) is 0.625. The summed E-state index contributed by atoms with van der Waals surface area (Å²) in [5.41, 5.74) is 1.12. The SMILES string of the molecule is CCOC(=O)[C@H](CCc1ccccc1)[NH2+][C@@H](C)C(=O)N1[C@H](C(=O)O)C[C@H]2CCCC[C@@H]21. The van der Waals surface area contributed by atoms with Crippen LogP contribution in [0.25, 0.3) is 0 Å². The number of nitrogens with two attached hydrogens (primary N) is 1. The van der Waals surface area contributed by atoms with Crippen molar-refractivity contribution in [2.24, 2.45) is 5.92 Å². The van der Waals surface area contributed by atoms with Gasteiger partial charge >= 0.3 is 11.9 Å². The molecule has 0 unspecified atom stereocenters. The fourth-order valence-corrected chi connectivity index (χ4v) is 5.17. The van der Waals surface area contributed by atoms with E-state index in [-0.39, 0.29) is 30.4 Å². The predicted octanol–water partition coefficient (Wildman–Crippen LogP) is 1.75. The van der Waals surface area contributed by atoms with Crippen molar-refractivity contribution in [2.75, 3.05) is 6.61 Å². The number of nitrogens with zero attached hydrogens (tertiary/aromatic N) is 1. The van der Waals surface area contributed by atoms with Gasteiger partial charge in [-0.3, -0.25) is 4.79 Å². The van der Waals surface area contributed by atoms with E-state index in [9.17, 15) is 19.5 Å². The largest absolute Gasteiger partial charge is 0.480 e. The maximum Gasteiger partial charge on any atom is 0.364 e. The monoisotopic (exact) mass is 431 g/mol. The van der Waals surface area contributed by atoms with Crippen molar-refractivity contribution in [1.29, 1.82) is 0 Å². The first kappa shape index (κ1) is 23.3. The Morgan fingerprint density at radius 1 is 1.19 bits per heavy atom. The summed E-state index contributed by atoms with van der Waals surface area (Å²) in [5, 5.41) is 11.5. The summed E-state index contributed by atoms with van der Waals surface area (Å²) in [6, 6.07) is 8.09. The molecule has 7 heteroatoms. The van der Waals surface area contributed by atoms with Gasteiger partial charge < -0.3 is 20.1 Å². The quantitative estimate of drug-likeness (QED) is 0.580. The Morgan fingerprint density at radius 2 is 1.90 bits per heavy atom. The second-order valence-corrected chi connectivity index (χ2v) is 8.81. The highest BCUT2D eigenvalue weighted by Crippen LogP contribution is 2.40. The van der Waals surface area contributed by atoms with Gasteiger partial charge in [-0.2, -0.15) is 0 Å². The second-order valence-electron chi connectivity index (χ2n) is 8.81. The number of carbonyl (C=O) groups excluding carboxylic acids is 2. The molecule has 170 valence electrons. The Morgan fingerprint density at radius 3 is 2.58 bits per heavy atom. The Bertz CT molecular complexity index is 768. The van der Waals surface area contributed by atoms with Crippen LogP contribution in [0.3, 0.4) is 0 Å². The number of ether oxygens (including phenoxy) is 1. The molecule has 1 saturated heterocycles. The third kappa shape index (κ3) is 5.64. The van der Waals surface area contributed by atoms with E-state index in [4.69, 9.17) is 4.74 Å². The standard InChI is InChI=1S/C24H34N2O5/c1-3-31-24(30)19(14-13-17-9-5-4-6-10-17)25-16(2)22(27)26-20-12-8-7-11-18(20)15-21(26)23(28)29/h4-6,9-10,16,18-21,25H,3,7-8,11-15H2,1-2H3,(H,28,29)/p+1/t16-,18+,19-,20-,21-/m0/s1. The Labute approximate surface area is 184 Å². The zero-order chi connectivity index (χ0) is 22.4. The van der Waals surface area contributed by atoms with E-state index in [0.717, 1.165) is 31.2 Å². The Hall–Kier alpha value is -2.41. The summed E-state index contributed by atoms with van der Waals surface area (Å²) in [4.78, 5) is 39.5. The summed E-state index contributed by atoms with van der Waals surface area (Å²) in [6.45, 7) is 3.82. The molecule has 0 radical (unpaired) electrons. The highest BCUT2D eigenvalue weighted by Gasteiger charge is 2.49. The lowest BCUT2D eigenvalue weighted by Crippen LogP contribution is -2.98. The number of amides is 1. The molecule has 1 aromatic carbocycles. The first-order valence-electron chi connectivity index (χ1n) is 11.5. The first-order chi connectivity index (χ1) is 14.9. The van der Waals surface area contributed by atoms with E-state index in [1.807, 2.05) is 30.3 Å². The van der Waals surface area contributed by atoms with Crippen LogP contribution in [0, 0.1) is 5.92 Å². The van der Waals surface area contributed by atoms with E-state index < -0.39 is 24.1 Å². The number of quaternary nitrogens is 1. The molecule has 7 nitrogen and oxygen atoms in total. The molecule has 0 bridgehead atoms. The number of carbonyl (C=O) groups is 3. The molecule has 5 atom stereocenters. The summed E-state index contributed by atoms with van der Waals surface area (Å²) >= 11 is 0. The van der Waals surface area contributed by atoms with Crippen LogP contribution in [0.5, 0.6) is 0 Å². The van der Waals surface area contributed by atoms with Crippen LogP contribution < -0.4 is 5.32 Å². The van der Waals surface area contributed by atoms with Crippen LogP contribution in [0.4, 0.5) is 0 Å². The maximum absolute atomic E-state index is 13.4. The lowest BCUT2D eigenvalue weighted by Gasteiger charge is -2.34. The molecule has 31 heavy (non-hydrogen) atoms. The van der Waals surface area contributed by atoms with Gasteiger partial charge in [-0.15, -0.1) is 0 Å². The van der Waals surface area contributed by atoms with Gasteiger partial charge in [0.25, 0.3) is 5.91 Å². The third-order valence-corrected chi connectivity index (χ3v) is 6.71. The molecule has 0 spiro atoms. The van der Waals surface area contributed by atoms with E-state index in [2.05, 4.69) is 0 Å². The predicted molar refractivity (Wildman–Crippen MR) is 115 cm³/mol. The van der Waals surface area contributed by atoms with Crippen LogP contribution in [0.15, 0.2) is 30.3 Å². The number of fused-ring (bicyclic) bond motifs is 1. The van der Waals surface area contributed by atoms with Gasteiger partial charge in [0, 0.05) is 12.5 Å². The molecule has 1 saturated carbocycles. The topological polar surface area (TPSA) is 101 Å². The molecule has 1 aromatic rings. The van der Waals surface area contributed by atoms with Crippen molar-refractivity contribution in [3.8, 4) is 0 Å². The minimum atomic E-state index is -0.930. The lowest BCUT2D eigenvalue weighted by molar-refractivity contribution is -0.697. The third-order valence-electron chi connectivity index (χ3n) is 6.71. The number of rotatable bonds is 9. The molecule has 2 aliphatic rings. The van der Waals surface area contributed by atoms with Gasteiger partial charge in [-0.25, -0.2) is 9.59 Å². The summed E-state index contributed by atoms with van der Waals surface area (Å²) in [5.74, 6) is -1.17. The van der Waals surface area contributed by atoms with Crippen LogP contribution >= 0.6 is 0 Å². The highest BCUT2D eigenvalue weighted by molar-refractivity contribution is 5.87. The van der Waals surface area contributed by atoms with Gasteiger partial charge in [0.1, 0.15) is 6.04 Å². The Balaban J connectivity index is 1.70. The number of hydrogen-bond acceptors (Lipinski definition) is 4. The summed E-state index contributed by atoms with van der Waals surface area (Å²) in [6.07, 6.45) is 5.76. The van der Waals surface area contributed by atoms with Crippen LogP contribution in [0.1, 0.15) is 57.9 Å². The molecule has 1 heterocycles. The molecule has 3 rings (SSSR count). The van der Waals surface area contributed by atoms with Crippen LogP contribution in [-0.4, -0.2) is 58.6 Å². The van der Waals surface area contributed by atoms with Crippen LogP contribution in [-0.2, 0) is 25.5 Å². The lowest BCUT2D eigenvalue weighted by atomic mass is 9.84. The van der Waals surface area contributed by atoms with Gasteiger partial charge in [0.05, 0.1) is 6.61 Å². The van der Waals surface area contributed by atoms with Crippen molar-refractivity contribution in [2.45, 2.75) is 83.0 Å². The molecule has 1 aliphatic carbocycles. The Kier molecular flexibility index (Phi) is 8.07. The molecule has 1 aliphatic heterocycles. The number of esters is 1. The van der Waals surface area contributed by atoms with Gasteiger partial charge in [0.15, 0.2) is 12.1 Å². The molecular formula is C24H35N2O5+. The van der Waals surface area contributed by atoms with E-state index >= 15 is 0 Å². The molecule has 2 fully saturated rings. The molecule has 0 aromatic heterocycles. The average Bonchev–Trinajstić information content (AvgIpc) is 3.16. The zero-order valence-electron chi connectivity index (χ0n) is 18.5.